The zero-order valence-electron chi connectivity index (χ0n) is 22.4. The number of aromatic nitrogens is 1. The topological polar surface area (TPSA) is 136 Å². The Balaban J connectivity index is 1.34. The van der Waals surface area contributed by atoms with Gasteiger partial charge in [0.25, 0.3) is 15.9 Å². The molecule has 1 atom stereocenters. The van der Waals surface area contributed by atoms with Gasteiger partial charge in [0.05, 0.1) is 10.9 Å². The molecule has 2 amide bonds. The van der Waals surface area contributed by atoms with Crippen molar-refractivity contribution >= 4 is 33.4 Å². The molecule has 1 unspecified atom stereocenters. The number of alkyl carbamates (subject to hydrolysis) is 1. The summed E-state index contributed by atoms with van der Waals surface area (Å²) in [6.07, 6.45) is -0.0420. The van der Waals surface area contributed by atoms with E-state index in [1.165, 1.54) is 41.0 Å². The van der Waals surface area contributed by atoms with E-state index in [1.807, 2.05) is 62.4 Å². The van der Waals surface area contributed by atoms with E-state index in [0.717, 1.165) is 5.56 Å². The van der Waals surface area contributed by atoms with Crippen LogP contribution in [-0.4, -0.2) is 25.4 Å². The second-order valence-electron chi connectivity index (χ2n) is 9.41. The smallest absolute Gasteiger partial charge is 0.408 e. The van der Waals surface area contributed by atoms with E-state index >= 15 is 0 Å². The average Bonchev–Trinajstić information content (AvgIpc) is 3.46. The quantitative estimate of drug-likeness (QED) is 0.182. The summed E-state index contributed by atoms with van der Waals surface area (Å²) < 4.78 is 36.4. The van der Waals surface area contributed by atoms with Gasteiger partial charge in [-0.3, -0.25) is 10.2 Å². The van der Waals surface area contributed by atoms with Crippen LogP contribution in [0.15, 0.2) is 95.2 Å². The van der Waals surface area contributed by atoms with Crippen LogP contribution >= 0.6 is 11.3 Å². The standard InChI is InChI=1S/C29H30N4O6S2/c1-20(2)17-25(31-29(35)38-18-21-9-5-3-6-10-21)28-30-26(19-40-28)27(34)32-33-41(36,37)24-15-13-23(14-16-24)39-22-11-7-4-8-12-22/h3-16,19-20,25,33H,17-18H2,1-2H3,(H,31,35)(H,32,34). The number of carbonyl (C=O) groups is 2. The van der Waals surface area contributed by atoms with E-state index in [-0.39, 0.29) is 23.1 Å². The molecule has 12 heteroatoms. The van der Waals surface area contributed by atoms with Gasteiger partial charge in [-0.15, -0.1) is 16.2 Å². The van der Waals surface area contributed by atoms with Crippen LogP contribution in [0.1, 0.15) is 47.4 Å². The Labute approximate surface area is 242 Å². The van der Waals surface area contributed by atoms with Crippen LogP contribution in [0, 0.1) is 5.92 Å². The summed E-state index contributed by atoms with van der Waals surface area (Å²) in [7, 11) is -4.06. The minimum Gasteiger partial charge on any atom is -0.457 e. The zero-order valence-corrected chi connectivity index (χ0v) is 24.1. The van der Waals surface area contributed by atoms with Crippen LogP contribution in [0.25, 0.3) is 0 Å². The average molecular weight is 595 g/mol. The van der Waals surface area contributed by atoms with Crippen LogP contribution in [0.2, 0.25) is 0 Å². The van der Waals surface area contributed by atoms with Crippen LogP contribution in [0.4, 0.5) is 4.79 Å². The van der Waals surface area contributed by atoms with Crippen molar-refractivity contribution in [2.75, 3.05) is 0 Å². The molecule has 1 aromatic heterocycles. The number of para-hydroxylation sites is 1. The van der Waals surface area contributed by atoms with Gasteiger partial charge in [0.15, 0.2) is 0 Å². The number of nitrogens with one attached hydrogen (secondary N) is 3. The van der Waals surface area contributed by atoms with Crippen molar-refractivity contribution in [3.8, 4) is 11.5 Å². The molecule has 4 rings (SSSR count). The molecule has 0 spiro atoms. The molecule has 0 saturated heterocycles. The maximum absolute atomic E-state index is 12.7. The summed E-state index contributed by atoms with van der Waals surface area (Å²) in [5.41, 5.74) is 3.05. The number of thiazole rings is 1. The van der Waals surface area contributed by atoms with Crippen molar-refractivity contribution in [3.05, 3.63) is 107 Å². The first-order valence-electron chi connectivity index (χ1n) is 12.8. The van der Waals surface area contributed by atoms with Crippen molar-refractivity contribution in [3.63, 3.8) is 0 Å². The summed E-state index contributed by atoms with van der Waals surface area (Å²) in [6.45, 7) is 4.12. The maximum atomic E-state index is 12.7. The van der Waals surface area contributed by atoms with E-state index < -0.39 is 28.1 Å². The fourth-order valence-electron chi connectivity index (χ4n) is 3.70. The van der Waals surface area contributed by atoms with Crippen molar-refractivity contribution in [2.24, 2.45) is 5.92 Å². The summed E-state index contributed by atoms with van der Waals surface area (Å²) in [4.78, 5) is 31.5. The molecule has 0 saturated carbocycles. The molecule has 4 aromatic rings. The molecule has 0 fully saturated rings. The first-order valence-corrected chi connectivity index (χ1v) is 15.1. The van der Waals surface area contributed by atoms with Gasteiger partial charge >= 0.3 is 6.09 Å². The van der Waals surface area contributed by atoms with Crippen LogP contribution in [0.3, 0.4) is 0 Å². The third kappa shape index (κ3) is 8.87. The van der Waals surface area contributed by atoms with E-state index in [0.29, 0.717) is 22.9 Å². The molecule has 3 aromatic carbocycles. The van der Waals surface area contributed by atoms with E-state index in [1.54, 1.807) is 12.1 Å². The van der Waals surface area contributed by atoms with Gasteiger partial charge in [-0.25, -0.2) is 18.2 Å². The third-order valence-corrected chi connectivity index (χ3v) is 7.90. The number of nitrogens with zero attached hydrogens (tertiary/aromatic N) is 1. The number of benzene rings is 3. The van der Waals surface area contributed by atoms with Gasteiger partial charge in [-0.05, 0) is 54.3 Å². The maximum Gasteiger partial charge on any atom is 0.408 e. The normalized spacial score (nSPS) is 12.0. The Morgan fingerprint density at radius 3 is 2.20 bits per heavy atom. The number of rotatable bonds is 12. The second-order valence-corrected chi connectivity index (χ2v) is 12.0. The molecule has 3 N–H and O–H groups in total. The van der Waals surface area contributed by atoms with Gasteiger partial charge in [-0.2, -0.15) is 0 Å². The number of hydrogen-bond donors (Lipinski definition) is 3. The predicted octanol–water partition coefficient (Wildman–Crippen LogP) is 5.57. The first-order chi connectivity index (χ1) is 19.7. The lowest BCUT2D eigenvalue weighted by molar-refractivity contribution is 0.0940. The van der Waals surface area contributed by atoms with Gasteiger partial charge in [0, 0.05) is 5.38 Å². The molecular formula is C29H30N4O6S2. The first kappa shape index (κ1) is 29.7. The Morgan fingerprint density at radius 2 is 1.54 bits per heavy atom. The molecule has 0 aliphatic carbocycles. The number of carbonyl (C=O) groups excluding carboxylic acids is 2. The monoisotopic (exact) mass is 594 g/mol. The zero-order chi connectivity index (χ0) is 29.2. The number of ether oxygens (including phenoxy) is 2. The van der Waals surface area contributed by atoms with Crippen molar-refractivity contribution in [2.45, 2.75) is 37.8 Å². The molecule has 41 heavy (non-hydrogen) atoms. The van der Waals surface area contributed by atoms with Gasteiger partial charge in [0.1, 0.15) is 28.8 Å². The lowest BCUT2D eigenvalue weighted by Crippen LogP contribution is -2.41. The highest BCUT2D eigenvalue weighted by molar-refractivity contribution is 7.89. The summed E-state index contributed by atoms with van der Waals surface area (Å²) in [6, 6.07) is 23.7. The van der Waals surface area contributed by atoms with Crippen LogP contribution in [-0.2, 0) is 21.4 Å². The Hall–Kier alpha value is -4.26. The number of hydrogen-bond acceptors (Lipinski definition) is 8. The highest BCUT2D eigenvalue weighted by Crippen LogP contribution is 2.25. The van der Waals surface area contributed by atoms with E-state index in [4.69, 9.17) is 9.47 Å². The number of sulfonamides is 1. The van der Waals surface area contributed by atoms with Gasteiger partial charge < -0.3 is 14.8 Å². The Morgan fingerprint density at radius 1 is 0.902 bits per heavy atom. The summed E-state index contributed by atoms with van der Waals surface area (Å²) in [5, 5.41) is 4.81. The molecule has 0 aliphatic rings. The molecule has 0 aliphatic heterocycles. The fraction of sp³-hybridized carbons (Fsp3) is 0.207. The molecule has 10 nitrogen and oxygen atoms in total. The lowest BCUT2D eigenvalue weighted by atomic mass is 10.0. The van der Waals surface area contributed by atoms with Crippen LogP contribution < -0.4 is 20.3 Å². The van der Waals surface area contributed by atoms with Crippen molar-refractivity contribution < 1.29 is 27.5 Å². The number of hydrazine groups is 1. The lowest BCUT2D eigenvalue weighted by Gasteiger charge is -2.18. The predicted molar refractivity (Wildman–Crippen MR) is 155 cm³/mol. The minimum absolute atomic E-state index is 0.00696. The van der Waals surface area contributed by atoms with E-state index in [2.05, 4.69) is 20.6 Å². The Kier molecular flexibility index (Phi) is 10.1. The largest absolute Gasteiger partial charge is 0.457 e. The molecule has 0 bridgehead atoms. The molecule has 214 valence electrons. The molecular weight excluding hydrogens is 564 g/mol. The third-order valence-electron chi connectivity index (χ3n) is 5.68. The summed E-state index contributed by atoms with van der Waals surface area (Å²) in [5.74, 6) is 0.552. The van der Waals surface area contributed by atoms with Gasteiger partial charge in [-0.1, -0.05) is 62.4 Å². The highest BCUT2D eigenvalue weighted by atomic mass is 32.2. The highest BCUT2D eigenvalue weighted by Gasteiger charge is 2.23. The molecule has 1 heterocycles. The second kappa shape index (κ2) is 13.9. The SMILES string of the molecule is CC(C)CC(NC(=O)OCc1ccccc1)c1nc(C(=O)NNS(=O)(=O)c2ccc(Oc3ccccc3)cc2)cs1. The Bertz CT molecular complexity index is 1540. The van der Waals surface area contributed by atoms with Crippen LogP contribution in [0.5, 0.6) is 11.5 Å². The van der Waals surface area contributed by atoms with Crippen molar-refractivity contribution in [1.82, 2.24) is 20.6 Å². The van der Waals surface area contributed by atoms with Gasteiger partial charge in [0.2, 0.25) is 0 Å². The molecule has 0 radical (unpaired) electrons. The minimum atomic E-state index is -4.06. The fourth-order valence-corrected chi connectivity index (χ4v) is 5.40. The summed E-state index contributed by atoms with van der Waals surface area (Å²) >= 11 is 1.18. The van der Waals surface area contributed by atoms with Crippen molar-refractivity contribution in [1.29, 1.82) is 0 Å². The number of amides is 2. The van der Waals surface area contributed by atoms with E-state index in [9.17, 15) is 18.0 Å².